The third-order valence-electron chi connectivity index (χ3n) is 4.71. The molecule has 1 atom stereocenters. The van der Waals surface area contributed by atoms with Crippen LogP contribution >= 0.6 is 15.9 Å². The van der Waals surface area contributed by atoms with Crippen molar-refractivity contribution in [2.24, 2.45) is 0 Å². The van der Waals surface area contributed by atoms with E-state index in [0.29, 0.717) is 11.3 Å². The Morgan fingerprint density at radius 1 is 0.821 bits per heavy atom. The lowest BCUT2D eigenvalue weighted by Gasteiger charge is -2.25. The van der Waals surface area contributed by atoms with E-state index in [0.717, 1.165) is 10.0 Å². The second-order valence-corrected chi connectivity index (χ2v) is 7.34. The first-order valence-corrected chi connectivity index (χ1v) is 9.54. The smallest absolute Gasteiger partial charge is 0.300 e. The van der Waals surface area contributed by atoms with E-state index in [1.165, 1.54) is 4.90 Å². The summed E-state index contributed by atoms with van der Waals surface area (Å²) in [4.78, 5) is 27.3. The van der Waals surface area contributed by atoms with Gasteiger partial charge in [0.2, 0.25) is 0 Å². The van der Waals surface area contributed by atoms with Gasteiger partial charge in [-0.25, -0.2) is 0 Å². The molecule has 1 unspecified atom stereocenters. The largest absolute Gasteiger partial charge is 0.507 e. The van der Waals surface area contributed by atoms with Crippen LogP contribution in [0.25, 0.3) is 5.76 Å². The summed E-state index contributed by atoms with van der Waals surface area (Å²) in [5.74, 6) is -1.53. The molecule has 0 aliphatic carbocycles. The molecule has 0 radical (unpaired) electrons. The average Bonchev–Trinajstić information content (AvgIpc) is 3.00. The maximum Gasteiger partial charge on any atom is 0.300 e. The van der Waals surface area contributed by atoms with Crippen LogP contribution in [0.15, 0.2) is 95.0 Å². The molecule has 3 aromatic rings. The summed E-state index contributed by atoms with van der Waals surface area (Å²) >= 11 is 3.36. The Kier molecular flexibility index (Phi) is 4.84. The third kappa shape index (κ3) is 3.14. The van der Waals surface area contributed by atoms with Crippen LogP contribution in [0.2, 0.25) is 0 Å². The zero-order valence-electron chi connectivity index (χ0n) is 14.7. The number of benzene rings is 3. The Labute approximate surface area is 170 Å². The highest BCUT2D eigenvalue weighted by Gasteiger charge is 2.46. The van der Waals surface area contributed by atoms with E-state index in [1.807, 2.05) is 48.5 Å². The Morgan fingerprint density at radius 3 is 2.00 bits per heavy atom. The van der Waals surface area contributed by atoms with Gasteiger partial charge in [-0.05, 0) is 29.8 Å². The minimum absolute atomic E-state index is 0.0855. The maximum absolute atomic E-state index is 12.9. The number of aliphatic hydroxyl groups is 1. The zero-order chi connectivity index (χ0) is 19.7. The van der Waals surface area contributed by atoms with Gasteiger partial charge in [-0.2, -0.15) is 0 Å². The molecule has 1 aliphatic rings. The number of carbonyl (C=O) groups is 2. The number of halogens is 1. The number of rotatable bonds is 3. The standard InChI is InChI=1S/C23H16BrNO3/c24-17-13-11-16(12-14-17)21(26)19-20(15-7-3-1-4-8-15)25(23(28)22(19)27)18-9-5-2-6-10-18/h1-14,20,26H/b21-19+. The first kappa shape index (κ1) is 18.2. The number of para-hydroxylation sites is 1. The fraction of sp³-hybridized carbons (Fsp3) is 0.0435. The summed E-state index contributed by atoms with van der Waals surface area (Å²) in [6.07, 6.45) is 0. The number of ketones is 1. The summed E-state index contributed by atoms with van der Waals surface area (Å²) in [6.45, 7) is 0. The molecule has 3 aromatic carbocycles. The van der Waals surface area contributed by atoms with Gasteiger partial charge in [0, 0.05) is 15.7 Å². The molecule has 0 spiro atoms. The van der Waals surface area contributed by atoms with Gasteiger partial charge >= 0.3 is 0 Å². The quantitative estimate of drug-likeness (QED) is 0.356. The van der Waals surface area contributed by atoms with Gasteiger partial charge in [0.05, 0.1) is 11.6 Å². The van der Waals surface area contributed by atoms with E-state index in [4.69, 9.17) is 0 Å². The minimum Gasteiger partial charge on any atom is -0.507 e. The van der Waals surface area contributed by atoms with Crippen molar-refractivity contribution < 1.29 is 14.7 Å². The van der Waals surface area contributed by atoms with E-state index < -0.39 is 17.7 Å². The number of amides is 1. The third-order valence-corrected chi connectivity index (χ3v) is 5.24. The molecule has 0 aromatic heterocycles. The highest BCUT2D eigenvalue weighted by molar-refractivity contribution is 9.10. The highest BCUT2D eigenvalue weighted by atomic mass is 79.9. The van der Waals surface area contributed by atoms with Gasteiger partial charge in [0.1, 0.15) is 5.76 Å². The molecular weight excluding hydrogens is 418 g/mol. The molecule has 4 rings (SSSR count). The number of hydrogen-bond acceptors (Lipinski definition) is 3. The second kappa shape index (κ2) is 7.44. The van der Waals surface area contributed by atoms with Crippen LogP contribution in [0.3, 0.4) is 0 Å². The van der Waals surface area contributed by atoms with E-state index in [2.05, 4.69) is 15.9 Å². The van der Waals surface area contributed by atoms with Crippen LogP contribution in [-0.4, -0.2) is 16.8 Å². The average molecular weight is 434 g/mol. The van der Waals surface area contributed by atoms with Gasteiger partial charge in [0.25, 0.3) is 11.7 Å². The van der Waals surface area contributed by atoms with Crippen molar-refractivity contribution in [2.75, 3.05) is 4.90 Å². The fourth-order valence-electron chi connectivity index (χ4n) is 3.40. The number of carbonyl (C=O) groups excluding carboxylic acids is 2. The molecule has 1 N–H and O–H groups in total. The van der Waals surface area contributed by atoms with Crippen molar-refractivity contribution in [3.63, 3.8) is 0 Å². The number of hydrogen-bond donors (Lipinski definition) is 1. The number of aliphatic hydroxyl groups excluding tert-OH is 1. The van der Waals surface area contributed by atoms with Gasteiger partial charge in [-0.3, -0.25) is 14.5 Å². The lowest BCUT2D eigenvalue weighted by atomic mass is 9.95. The highest BCUT2D eigenvalue weighted by Crippen LogP contribution is 2.41. The Hall–Kier alpha value is -3.18. The Morgan fingerprint density at radius 2 is 1.39 bits per heavy atom. The molecular formula is C23H16BrNO3. The van der Waals surface area contributed by atoms with Gasteiger partial charge in [-0.15, -0.1) is 0 Å². The van der Waals surface area contributed by atoms with E-state index in [9.17, 15) is 14.7 Å². The maximum atomic E-state index is 12.9. The van der Waals surface area contributed by atoms with Crippen molar-refractivity contribution in [3.05, 3.63) is 106 Å². The van der Waals surface area contributed by atoms with Crippen LogP contribution in [0.5, 0.6) is 0 Å². The van der Waals surface area contributed by atoms with Crippen molar-refractivity contribution >= 4 is 39.1 Å². The zero-order valence-corrected chi connectivity index (χ0v) is 16.3. The van der Waals surface area contributed by atoms with Crippen LogP contribution in [0.1, 0.15) is 17.2 Å². The second-order valence-electron chi connectivity index (χ2n) is 6.42. The van der Waals surface area contributed by atoms with Crippen LogP contribution in [0, 0.1) is 0 Å². The van der Waals surface area contributed by atoms with Crippen molar-refractivity contribution in [1.82, 2.24) is 0 Å². The normalized spacial score (nSPS) is 18.5. The Balaban J connectivity index is 1.94. The first-order valence-electron chi connectivity index (χ1n) is 8.75. The van der Waals surface area contributed by atoms with Crippen molar-refractivity contribution in [1.29, 1.82) is 0 Å². The van der Waals surface area contributed by atoms with E-state index in [1.54, 1.807) is 36.4 Å². The molecule has 0 saturated carbocycles. The fourth-order valence-corrected chi connectivity index (χ4v) is 3.67. The molecule has 1 aliphatic heterocycles. The monoisotopic (exact) mass is 433 g/mol. The van der Waals surface area contributed by atoms with Gasteiger partial charge in [-0.1, -0.05) is 76.6 Å². The number of Topliss-reactive ketones (excluding diaryl/α,β-unsaturated/α-hetero) is 1. The number of nitrogens with zero attached hydrogens (tertiary/aromatic N) is 1. The van der Waals surface area contributed by atoms with E-state index in [-0.39, 0.29) is 11.3 Å². The van der Waals surface area contributed by atoms with Crippen molar-refractivity contribution in [3.8, 4) is 0 Å². The molecule has 138 valence electrons. The molecule has 1 heterocycles. The predicted molar refractivity (Wildman–Crippen MR) is 112 cm³/mol. The molecule has 28 heavy (non-hydrogen) atoms. The summed E-state index contributed by atoms with van der Waals surface area (Å²) in [6, 6.07) is 24.6. The van der Waals surface area contributed by atoms with Crippen LogP contribution in [0.4, 0.5) is 5.69 Å². The molecule has 1 fully saturated rings. The SMILES string of the molecule is O=C1C(=O)N(c2ccccc2)C(c2ccccc2)/C1=C(\O)c1ccc(Br)cc1. The van der Waals surface area contributed by atoms with E-state index >= 15 is 0 Å². The lowest BCUT2D eigenvalue weighted by molar-refractivity contribution is -0.132. The van der Waals surface area contributed by atoms with Gasteiger partial charge < -0.3 is 5.11 Å². The molecule has 0 bridgehead atoms. The summed E-state index contributed by atoms with van der Waals surface area (Å²) < 4.78 is 0.855. The molecule has 5 heteroatoms. The molecule has 4 nitrogen and oxygen atoms in total. The van der Waals surface area contributed by atoms with Crippen LogP contribution < -0.4 is 4.90 Å². The lowest BCUT2D eigenvalue weighted by Crippen LogP contribution is -2.29. The van der Waals surface area contributed by atoms with Gasteiger partial charge in [0.15, 0.2) is 0 Å². The van der Waals surface area contributed by atoms with Crippen molar-refractivity contribution in [2.45, 2.75) is 6.04 Å². The first-order chi connectivity index (χ1) is 13.6. The summed E-state index contributed by atoms with van der Waals surface area (Å²) in [7, 11) is 0. The molecule has 1 saturated heterocycles. The number of anilines is 1. The Bertz CT molecular complexity index is 1060. The predicted octanol–water partition coefficient (Wildman–Crippen LogP) is 5.08. The summed E-state index contributed by atoms with van der Waals surface area (Å²) in [5.41, 5.74) is 1.93. The minimum atomic E-state index is -0.702. The topological polar surface area (TPSA) is 57.6 Å². The summed E-state index contributed by atoms with van der Waals surface area (Å²) in [5, 5.41) is 11.0. The molecule has 1 amide bonds. The van der Waals surface area contributed by atoms with Crippen LogP contribution in [-0.2, 0) is 9.59 Å².